The molecule has 1 saturated carbocycles. The Balaban J connectivity index is 1.56. The molecule has 2 heterocycles. The third kappa shape index (κ3) is 5.59. The summed E-state index contributed by atoms with van der Waals surface area (Å²) in [5, 5.41) is 5.95. The molecule has 0 spiro atoms. The number of aliphatic imine (C=N–C) groups is 1. The SMILES string of the molecule is CN/C(=C\C(N)=NC(=O)C1CC1)c1cncc(-c2cc(NC(=O)N3CCC(F)C3)ccc2C)c1. The van der Waals surface area contributed by atoms with Crippen molar-refractivity contribution in [2.24, 2.45) is 16.6 Å². The van der Waals surface area contributed by atoms with Crippen molar-refractivity contribution in [3.63, 3.8) is 0 Å². The number of aryl methyl sites for hydroxylation is 1. The molecule has 1 aliphatic carbocycles. The van der Waals surface area contributed by atoms with Gasteiger partial charge in [0.2, 0.25) is 0 Å². The van der Waals surface area contributed by atoms with Crippen LogP contribution in [0.15, 0.2) is 47.7 Å². The Morgan fingerprint density at radius 3 is 2.71 bits per heavy atom. The van der Waals surface area contributed by atoms with Crippen LogP contribution < -0.4 is 16.4 Å². The van der Waals surface area contributed by atoms with Crippen LogP contribution >= 0.6 is 0 Å². The highest BCUT2D eigenvalue weighted by Gasteiger charge is 2.29. The number of aromatic nitrogens is 1. The lowest BCUT2D eigenvalue weighted by molar-refractivity contribution is -0.118. The van der Waals surface area contributed by atoms with E-state index in [9.17, 15) is 14.0 Å². The lowest BCUT2D eigenvalue weighted by atomic mass is 9.99. The molecule has 2 aliphatic rings. The van der Waals surface area contributed by atoms with E-state index in [2.05, 4.69) is 20.6 Å². The largest absolute Gasteiger partial charge is 0.387 e. The first-order valence-corrected chi connectivity index (χ1v) is 11.4. The molecule has 1 aromatic heterocycles. The van der Waals surface area contributed by atoms with Gasteiger partial charge in [0.15, 0.2) is 0 Å². The molecular weight excluding hydrogens is 435 g/mol. The second kappa shape index (κ2) is 10.0. The number of nitrogens with two attached hydrogens (primary N) is 1. The van der Waals surface area contributed by atoms with E-state index < -0.39 is 6.17 Å². The average Bonchev–Trinajstić information content (AvgIpc) is 3.59. The fourth-order valence-electron chi connectivity index (χ4n) is 3.88. The van der Waals surface area contributed by atoms with E-state index in [1.165, 1.54) is 4.90 Å². The van der Waals surface area contributed by atoms with E-state index in [4.69, 9.17) is 5.73 Å². The molecule has 4 N–H and O–H groups in total. The van der Waals surface area contributed by atoms with Gasteiger partial charge in [-0.05, 0) is 55.5 Å². The van der Waals surface area contributed by atoms with Gasteiger partial charge in [-0.3, -0.25) is 9.78 Å². The number of amidine groups is 1. The molecule has 1 atom stereocenters. The minimum atomic E-state index is -0.964. The maximum absolute atomic E-state index is 13.5. The zero-order valence-corrected chi connectivity index (χ0v) is 19.3. The van der Waals surface area contributed by atoms with Gasteiger partial charge in [-0.25, -0.2) is 9.18 Å². The summed E-state index contributed by atoms with van der Waals surface area (Å²) in [5.74, 6) is -0.0268. The lowest BCUT2D eigenvalue weighted by Crippen LogP contribution is -2.33. The summed E-state index contributed by atoms with van der Waals surface area (Å²) in [4.78, 5) is 34.2. The third-order valence-corrected chi connectivity index (χ3v) is 5.99. The molecule has 4 rings (SSSR count). The molecule has 2 aromatic rings. The molecule has 2 fully saturated rings. The number of benzene rings is 1. The number of nitrogens with zero attached hydrogens (tertiary/aromatic N) is 3. The minimum absolute atomic E-state index is 0.00888. The van der Waals surface area contributed by atoms with Crippen molar-refractivity contribution in [2.45, 2.75) is 32.4 Å². The number of carbonyl (C=O) groups is 2. The fraction of sp³-hybridized carbons (Fsp3) is 0.360. The molecule has 0 bridgehead atoms. The predicted molar refractivity (Wildman–Crippen MR) is 131 cm³/mol. The Morgan fingerprint density at radius 1 is 1.24 bits per heavy atom. The summed E-state index contributed by atoms with van der Waals surface area (Å²) in [6.07, 6.45) is 6.22. The highest BCUT2D eigenvalue weighted by atomic mass is 19.1. The highest BCUT2D eigenvalue weighted by Crippen LogP contribution is 2.30. The zero-order valence-electron chi connectivity index (χ0n) is 19.3. The molecule has 1 saturated heterocycles. The Morgan fingerprint density at radius 2 is 2.03 bits per heavy atom. The van der Waals surface area contributed by atoms with Gasteiger partial charge < -0.3 is 21.3 Å². The van der Waals surface area contributed by atoms with Crippen molar-refractivity contribution in [1.82, 2.24) is 15.2 Å². The first kappa shape index (κ1) is 23.4. The van der Waals surface area contributed by atoms with Crippen LogP contribution in [-0.2, 0) is 4.79 Å². The number of anilines is 1. The Hall–Kier alpha value is -3.75. The van der Waals surface area contributed by atoms with Crippen molar-refractivity contribution in [3.8, 4) is 11.1 Å². The predicted octanol–water partition coefficient (Wildman–Crippen LogP) is 3.49. The van der Waals surface area contributed by atoms with Crippen molar-refractivity contribution in [1.29, 1.82) is 0 Å². The smallest absolute Gasteiger partial charge is 0.321 e. The molecule has 9 heteroatoms. The molecule has 178 valence electrons. The van der Waals surface area contributed by atoms with Gasteiger partial charge in [0.25, 0.3) is 5.91 Å². The molecular formula is C25H29FN6O2. The van der Waals surface area contributed by atoms with E-state index in [-0.39, 0.29) is 30.2 Å². The number of urea groups is 1. The number of hydrogen-bond donors (Lipinski definition) is 3. The van der Waals surface area contributed by atoms with Crippen molar-refractivity contribution in [2.75, 3.05) is 25.5 Å². The van der Waals surface area contributed by atoms with Crippen molar-refractivity contribution in [3.05, 3.63) is 53.9 Å². The van der Waals surface area contributed by atoms with Crippen LogP contribution in [0.1, 0.15) is 30.4 Å². The molecule has 1 aliphatic heterocycles. The highest BCUT2D eigenvalue weighted by molar-refractivity contribution is 6.04. The maximum atomic E-state index is 13.5. The van der Waals surface area contributed by atoms with Gasteiger partial charge in [-0.15, -0.1) is 0 Å². The summed E-state index contributed by atoms with van der Waals surface area (Å²) in [6.45, 7) is 2.51. The fourth-order valence-corrected chi connectivity index (χ4v) is 3.88. The van der Waals surface area contributed by atoms with E-state index in [0.717, 1.165) is 35.1 Å². The standard InChI is InChI=1S/C25H29FN6O2/c1-15-3-6-20(30-25(34)32-8-7-19(26)14-32)10-21(15)17-9-18(13-29-12-17)22(28-2)11-23(27)31-24(33)16-4-5-16/h3,6,9-13,16,19,28H,4-5,7-8,14H2,1-2H3,(H,30,34)(H2,27,31,33)/b22-11-. The molecule has 1 aromatic carbocycles. The van der Waals surface area contributed by atoms with Gasteiger partial charge in [0.1, 0.15) is 12.0 Å². The van der Waals surface area contributed by atoms with Gasteiger partial charge in [-0.2, -0.15) is 4.99 Å². The van der Waals surface area contributed by atoms with Gasteiger partial charge >= 0.3 is 6.03 Å². The van der Waals surface area contributed by atoms with Crippen LogP contribution in [0.3, 0.4) is 0 Å². The quantitative estimate of drug-likeness (QED) is 0.448. The van der Waals surface area contributed by atoms with Crippen LogP contribution in [0.5, 0.6) is 0 Å². The second-order valence-electron chi connectivity index (χ2n) is 8.71. The van der Waals surface area contributed by atoms with Crippen LogP contribution in [0, 0.1) is 12.8 Å². The number of halogens is 1. The van der Waals surface area contributed by atoms with E-state index >= 15 is 0 Å². The van der Waals surface area contributed by atoms with Gasteiger partial charge in [0.05, 0.1) is 6.54 Å². The lowest BCUT2D eigenvalue weighted by Gasteiger charge is -2.17. The van der Waals surface area contributed by atoms with Gasteiger partial charge in [-0.1, -0.05) is 6.07 Å². The van der Waals surface area contributed by atoms with E-state index in [1.54, 1.807) is 25.5 Å². The number of likely N-dealkylation sites (tertiary alicyclic amines) is 1. The minimum Gasteiger partial charge on any atom is -0.387 e. The molecule has 8 nitrogen and oxygen atoms in total. The number of carbonyl (C=O) groups excluding carboxylic acids is 2. The summed E-state index contributed by atoms with van der Waals surface area (Å²) < 4.78 is 13.5. The third-order valence-electron chi connectivity index (χ3n) is 5.99. The van der Waals surface area contributed by atoms with Crippen molar-refractivity contribution >= 4 is 29.2 Å². The number of amides is 3. The first-order valence-electron chi connectivity index (χ1n) is 11.4. The summed E-state index contributed by atoms with van der Waals surface area (Å²) >= 11 is 0. The summed E-state index contributed by atoms with van der Waals surface area (Å²) in [7, 11) is 1.76. The van der Waals surface area contributed by atoms with Crippen LogP contribution in [-0.4, -0.2) is 54.0 Å². The Labute approximate surface area is 198 Å². The van der Waals surface area contributed by atoms with Crippen LogP contribution in [0.25, 0.3) is 16.8 Å². The monoisotopic (exact) mass is 464 g/mol. The average molecular weight is 465 g/mol. The summed E-state index contributed by atoms with van der Waals surface area (Å²) in [5.41, 5.74) is 10.8. The van der Waals surface area contributed by atoms with Crippen LogP contribution in [0.4, 0.5) is 14.9 Å². The topological polar surface area (TPSA) is 113 Å². The van der Waals surface area contributed by atoms with Crippen molar-refractivity contribution < 1.29 is 14.0 Å². The summed E-state index contributed by atoms with van der Waals surface area (Å²) in [6, 6.07) is 7.27. The molecule has 3 amide bonds. The molecule has 34 heavy (non-hydrogen) atoms. The number of pyridine rings is 1. The Bertz CT molecular complexity index is 1160. The normalized spacial score (nSPS) is 18.7. The number of alkyl halides is 1. The van der Waals surface area contributed by atoms with E-state index in [0.29, 0.717) is 24.4 Å². The van der Waals surface area contributed by atoms with Crippen LogP contribution in [0.2, 0.25) is 0 Å². The molecule has 0 radical (unpaired) electrons. The maximum Gasteiger partial charge on any atom is 0.321 e. The first-order chi connectivity index (χ1) is 16.3. The van der Waals surface area contributed by atoms with E-state index in [1.807, 2.05) is 31.2 Å². The second-order valence-corrected chi connectivity index (χ2v) is 8.71. The van der Waals surface area contributed by atoms with Gasteiger partial charge in [0, 0.05) is 60.5 Å². The Kier molecular flexibility index (Phi) is 6.90. The number of hydrogen-bond acceptors (Lipinski definition) is 4. The number of rotatable bonds is 6. The molecule has 1 unspecified atom stereocenters. The zero-order chi connectivity index (χ0) is 24.2. The number of nitrogens with one attached hydrogen (secondary N) is 2.